The second-order valence-corrected chi connectivity index (χ2v) is 6.10. The second kappa shape index (κ2) is 6.90. The van der Waals surface area contributed by atoms with Crippen LogP contribution in [-0.2, 0) is 6.54 Å². The van der Waals surface area contributed by atoms with Gasteiger partial charge in [-0.25, -0.2) is 4.68 Å². The van der Waals surface area contributed by atoms with Gasteiger partial charge >= 0.3 is 0 Å². The highest BCUT2D eigenvalue weighted by atomic mass is 15.3. The molecule has 21 heavy (non-hydrogen) atoms. The van der Waals surface area contributed by atoms with E-state index in [1.807, 2.05) is 10.9 Å². The average Bonchev–Trinajstić information content (AvgIpc) is 2.86. The van der Waals surface area contributed by atoms with E-state index in [9.17, 15) is 0 Å². The number of hydrogen-bond acceptors (Lipinski definition) is 2. The summed E-state index contributed by atoms with van der Waals surface area (Å²) in [5.41, 5.74) is 4.97. The fraction of sp³-hybridized carbons (Fsp3) is 0.500. The number of rotatable bonds is 6. The number of aromatic nitrogens is 2. The smallest absolute Gasteiger partial charge is 0.0648 e. The van der Waals surface area contributed by atoms with Gasteiger partial charge in [0.25, 0.3) is 0 Å². The minimum atomic E-state index is 0.540. The van der Waals surface area contributed by atoms with Gasteiger partial charge in [0.1, 0.15) is 0 Å². The van der Waals surface area contributed by atoms with Gasteiger partial charge in [0.2, 0.25) is 0 Å². The third-order valence-corrected chi connectivity index (χ3v) is 4.17. The quantitative estimate of drug-likeness (QED) is 0.862. The van der Waals surface area contributed by atoms with E-state index in [1.54, 1.807) is 0 Å². The molecule has 0 aliphatic rings. The number of benzene rings is 1. The molecule has 1 aromatic carbocycles. The maximum absolute atomic E-state index is 4.54. The Morgan fingerprint density at radius 3 is 2.38 bits per heavy atom. The molecule has 0 amide bonds. The summed E-state index contributed by atoms with van der Waals surface area (Å²) >= 11 is 0. The molecule has 0 aliphatic carbocycles. The third-order valence-electron chi connectivity index (χ3n) is 4.17. The Labute approximate surface area is 128 Å². The summed E-state index contributed by atoms with van der Waals surface area (Å²) in [7, 11) is 0. The molecule has 1 atom stereocenters. The van der Waals surface area contributed by atoms with Crippen molar-refractivity contribution in [2.45, 2.75) is 59.5 Å². The standard InChI is InChI=1S/C18H27N3/c1-6-14(4)19-11-17-12-20-21(15(17)5)18-9-7-16(8-10-18)13(2)3/h7-10,12-14,19H,6,11H2,1-5H3. The summed E-state index contributed by atoms with van der Waals surface area (Å²) in [6.45, 7) is 11.9. The van der Waals surface area contributed by atoms with Crippen LogP contribution in [-0.4, -0.2) is 15.8 Å². The maximum atomic E-state index is 4.54. The van der Waals surface area contributed by atoms with Gasteiger partial charge in [-0.1, -0.05) is 32.9 Å². The minimum absolute atomic E-state index is 0.540. The Hall–Kier alpha value is -1.61. The Morgan fingerprint density at radius 1 is 1.14 bits per heavy atom. The van der Waals surface area contributed by atoms with Gasteiger partial charge in [-0.15, -0.1) is 0 Å². The van der Waals surface area contributed by atoms with Crippen LogP contribution in [0.1, 0.15) is 56.9 Å². The van der Waals surface area contributed by atoms with Gasteiger partial charge in [-0.3, -0.25) is 0 Å². The van der Waals surface area contributed by atoms with Gasteiger partial charge in [0.15, 0.2) is 0 Å². The van der Waals surface area contributed by atoms with E-state index < -0.39 is 0 Å². The molecule has 1 heterocycles. The molecule has 1 N–H and O–H groups in total. The lowest BCUT2D eigenvalue weighted by Gasteiger charge is -2.11. The van der Waals surface area contributed by atoms with E-state index in [0.717, 1.165) is 18.7 Å². The highest BCUT2D eigenvalue weighted by molar-refractivity contribution is 5.37. The van der Waals surface area contributed by atoms with Crippen LogP contribution < -0.4 is 5.32 Å². The Kier molecular flexibility index (Phi) is 5.18. The van der Waals surface area contributed by atoms with Crippen molar-refractivity contribution in [2.24, 2.45) is 0 Å². The Morgan fingerprint density at radius 2 is 1.81 bits per heavy atom. The molecule has 114 valence electrons. The predicted molar refractivity (Wildman–Crippen MR) is 89.0 cm³/mol. The van der Waals surface area contributed by atoms with Crippen LogP contribution in [0, 0.1) is 6.92 Å². The predicted octanol–water partition coefficient (Wildman–Crippen LogP) is 4.19. The third kappa shape index (κ3) is 3.73. The summed E-state index contributed by atoms with van der Waals surface area (Å²) in [5, 5.41) is 8.07. The number of hydrogen-bond donors (Lipinski definition) is 1. The zero-order valence-corrected chi connectivity index (χ0v) is 13.9. The molecule has 1 aromatic heterocycles. The van der Waals surface area contributed by atoms with Crippen molar-refractivity contribution in [3.8, 4) is 5.69 Å². The number of nitrogens with zero attached hydrogens (tertiary/aromatic N) is 2. The zero-order chi connectivity index (χ0) is 15.4. The molecule has 3 nitrogen and oxygen atoms in total. The highest BCUT2D eigenvalue weighted by Crippen LogP contribution is 2.19. The molecule has 0 bridgehead atoms. The van der Waals surface area contributed by atoms with Gasteiger partial charge in [0.05, 0.1) is 11.9 Å². The summed E-state index contributed by atoms with van der Waals surface area (Å²) in [6, 6.07) is 9.23. The molecule has 1 unspecified atom stereocenters. The van der Waals surface area contributed by atoms with E-state index in [-0.39, 0.29) is 0 Å². The van der Waals surface area contributed by atoms with Crippen LogP contribution in [0.4, 0.5) is 0 Å². The first-order valence-electron chi connectivity index (χ1n) is 7.90. The monoisotopic (exact) mass is 285 g/mol. The zero-order valence-electron chi connectivity index (χ0n) is 13.9. The summed E-state index contributed by atoms with van der Waals surface area (Å²) in [5.74, 6) is 0.563. The Balaban J connectivity index is 2.15. The van der Waals surface area contributed by atoms with Gasteiger partial charge in [0, 0.05) is 23.8 Å². The van der Waals surface area contributed by atoms with E-state index in [4.69, 9.17) is 0 Å². The SMILES string of the molecule is CCC(C)NCc1cnn(-c2ccc(C(C)C)cc2)c1C. The van der Waals surface area contributed by atoms with Crippen molar-refractivity contribution in [2.75, 3.05) is 0 Å². The molecule has 2 rings (SSSR count). The molecule has 0 saturated heterocycles. The lowest BCUT2D eigenvalue weighted by molar-refractivity contribution is 0.533. The normalized spacial score (nSPS) is 12.9. The van der Waals surface area contributed by atoms with Crippen molar-refractivity contribution in [3.05, 3.63) is 47.3 Å². The van der Waals surface area contributed by atoms with Gasteiger partial charge in [-0.05, 0) is 43.9 Å². The second-order valence-electron chi connectivity index (χ2n) is 6.10. The summed E-state index contributed by atoms with van der Waals surface area (Å²) in [4.78, 5) is 0. The maximum Gasteiger partial charge on any atom is 0.0648 e. The van der Waals surface area contributed by atoms with Crippen LogP contribution in [0.25, 0.3) is 5.69 Å². The first kappa shape index (κ1) is 15.8. The average molecular weight is 285 g/mol. The van der Waals surface area contributed by atoms with Crippen LogP contribution in [0.2, 0.25) is 0 Å². The molecule has 0 radical (unpaired) electrons. The van der Waals surface area contributed by atoms with Gasteiger partial charge in [-0.2, -0.15) is 5.10 Å². The van der Waals surface area contributed by atoms with Crippen molar-refractivity contribution in [1.29, 1.82) is 0 Å². The summed E-state index contributed by atoms with van der Waals surface area (Å²) in [6.07, 6.45) is 3.12. The van der Waals surface area contributed by atoms with Crippen LogP contribution in [0.3, 0.4) is 0 Å². The highest BCUT2D eigenvalue weighted by Gasteiger charge is 2.09. The fourth-order valence-corrected chi connectivity index (χ4v) is 2.31. The van der Waals surface area contributed by atoms with E-state index >= 15 is 0 Å². The van der Waals surface area contributed by atoms with Crippen LogP contribution in [0.5, 0.6) is 0 Å². The molecule has 3 heteroatoms. The number of nitrogens with one attached hydrogen (secondary N) is 1. The molecule has 0 spiro atoms. The van der Waals surface area contributed by atoms with Crippen molar-refractivity contribution in [3.63, 3.8) is 0 Å². The van der Waals surface area contributed by atoms with Crippen molar-refractivity contribution < 1.29 is 0 Å². The fourth-order valence-electron chi connectivity index (χ4n) is 2.31. The molecular formula is C18H27N3. The molecular weight excluding hydrogens is 258 g/mol. The van der Waals surface area contributed by atoms with E-state index in [0.29, 0.717) is 12.0 Å². The molecule has 2 aromatic rings. The lowest BCUT2D eigenvalue weighted by atomic mass is 10.0. The minimum Gasteiger partial charge on any atom is -0.310 e. The van der Waals surface area contributed by atoms with E-state index in [2.05, 4.69) is 69.3 Å². The van der Waals surface area contributed by atoms with Crippen molar-refractivity contribution >= 4 is 0 Å². The largest absolute Gasteiger partial charge is 0.310 e. The van der Waals surface area contributed by atoms with Crippen LogP contribution >= 0.6 is 0 Å². The first-order chi connectivity index (χ1) is 10.0. The van der Waals surface area contributed by atoms with Crippen LogP contribution in [0.15, 0.2) is 30.5 Å². The summed E-state index contributed by atoms with van der Waals surface area (Å²) < 4.78 is 2.03. The molecule has 0 saturated carbocycles. The molecule has 0 fully saturated rings. The first-order valence-corrected chi connectivity index (χ1v) is 7.90. The lowest BCUT2D eigenvalue weighted by Crippen LogP contribution is -2.24. The van der Waals surface area contributed by atoms with E-state index in [1.165, 1.54) is 16.8 Å². The topological polar surface area (TPSA) is 29.9 Å². The van der Waals surface area contributed by atoms with Crippen molar-refractivity contribution in [1.82, 2.24) is 15.1 Å². The Bertz CT molecular complexity index is 567. The van der Waals surface area contributed by atoms with Gasteiger partial charge < -0.3 is 5.32 Å². The molecule has 0 aliphatic heterocycles.